The number of carbonyl (C=O) groups is 3. The molecule has 0 aliphatic carbocycles. The molecule has 3 aromatic rings. The summed E-state index contributed by atoms with van der Waals surface area (Å²) in [4.78, 5) is 36.6. The third kappa shape index (κ3) is 5.27. The Balaban J connectivity index is 1.28. The number of amides is 3. The zero-order valence-electron chi connectivity index (χ0n) is 16.6. The summed E-state index contributed by atoms with van der Waals surface area (Å²) in [5.74, 6) is -0.326. The second kappa shape index (κ2) is 9.12. The third-order valence-electron chi connectivity index (χ3n) is 4.64. The molecule has 0 saturated heterocycles. The normalized spacial score (nSPS) is 14.7. The molecule has 2 aromatic carbocycles. The van der Waals surface area contributed by atoms with Gasteiger partial charge in [0.05, 0.1) is 12.1 Å². The maximum Gasteiger partial charge on any atom is 0.266 e. The molecule has 3 amide bonds. The number of ether oxygens (including phenoxy) is 1. The molecule has 1 aromatic heterocycles. The van der Waals surface area contributed by atoms with E-state index < -0.39 is 6.10 Å². The van der Waals surface area contributed by atoms with E-state index >= 15 is 0 Å². The molecule has 0 spiro atoms. The van der Waals surface area contributed by atoms with Crippen LogP contribution in [0.3, 0.4) is 0 Å². The number of anilines is 2. The quantitative estimate of drug-likeness (QED) is 0.541. The summed E-state index contributed by atoms with van der Waals surface area (Å²) in [6, 6.07) is 16.0. The summed E-state index contributed by atoms with van der Waals surface area (Å²) in [6.45, 7) is 0.368. The van der Waals surface area contributed by atoms with Crippen LogP contribution in [0.1, 0.15) is 12.0 Å². The first-order valence-corrected chi connectivity index (χ1v) is 9.76. The van der Waals surface area contributed by atoms with E-state index in [1.165, 1.54) is 4.68 Å². The minimum absolute atomic E-state index is 0.0968. The van der Waals surface area contributed by atoms with Crippen molar-refractivity contribution in [3.8, 4) is 5.75 Å². The Labute approximate surface area is 178 Å². The van der Waals surface area contributed by atoms with E-state index in [2.05, 4.69) is 21.0 Å². The number of para-hydroxylation sites is 2. The lowest BCUT2D eigenvalue weighted by atomic mass is 10.1. The van der Waals surface area contributed by atoms with Crippen molar-refractivity contribution in [2.75, 3.05) is 10.6 Å². The zero-order chi connectivity index (χ0) is 21.6. The summed E-state index contributed by atoms with van der Waals surface area (Å²) in [5, 5.41) is 12.3. The molecule has 1 aliphatic heterocycles. The predicted molar refractivity (Wildman–Crippen MR) is 113 cm³/mol. The molecule has 2 heterocycles. The van der Waals surface area contributed by atoms with Gasteiger partial charge in [-0.3, -0.25) is 19.1 Å². The first kappa shape index (κ1) is 20.1. The minimum atomic E-state index is -0.886. The summed E-state index contributed by atoms with van der Waals surface area (Å²) in [6.07, 6.45) is 2.33. The predicted octanol–water partition coefficient (Wildman–Crippen LogP) is 1.93. The van der Waals surface area contributed by atoms with E-state index in [0.29, 0.717) is 17.1 Å². The minimum Gasteiger partial charge on any atom is -0.478 e. The number of nitrogens with zero attached hydrogens (tertiary/aromatic N) is 2. The number of fused-ring (bicyclic) bond motifs is 1. The van der Waals surface area contributed by atoms with Gasteiger partial charge in [0.15, 0.2) is 6.10 Å². The summed E-state index contributed by atoms with van der Waals surface area (Å²) in [7, 11) is 0. The van der Waals surface area contributed by atoms with E-state index in [-0.39, 0.29) is 37.2 Å². The maximum atomic E-state index is 12.3. The lowest BCUT2D eigenvalue weighted by Crippen LogP contribution is -2.40. The largest absolute Gasteiger partial charge is 0.478 e. The lowest BCUT2D eigenvalue weighted by Gasteiger charge is -2.25. The van der Waals surface area contributed by atoms with E-state index in [4.69, 9.17) is 4.74 Å². The standard InChI is InChI=1S/C22H21N5O4/c28-20(12-19-22(30)26-17-7-1-2-8-18(17)31-19)23-13-15-5-3-6-16(11-15)25-21(29)14-27-10-4-9-24-27/h1-11,19H,12-14H2,(H,23,28)(H,25,29)(H,26,30). The molecule has 0 saturated carbocycles. The van der Waals surface area contributed by atoms with Gasteiger partial charge >= 0.3 is 0 Å². The van der Waals surface area contributed by atoms with Crippen LogP contribution >= 0.6 is 0 Å². The molecule has 31 heavy (non-hydrogen) atoms. The van der Waals surface area contributed by atoms with Gasteiger partial charge in [0.1, 0.15) is 12.3 Å². The molecule has 1 aliphatic rings. The van der Waals surface area contributed by atoms with Gasteiger partial charge in [-0.25, -0.2) is 0 Å². The molecule has 9 heteroatoms. The van der Waals surface area contributed by atoms with Gasteiger partial charge in [-0.05, 0) is 35.9 Å². The van der Waals surface area contributed by atoms with Gasteiger partial charge in [-0.2, -0.15) is 5.10 Å². The molecule has 1 atom stereocenters. The average Bonchev–Trinajstić information content (AvgIpc) is 3.26. The SMILES string of the molecule is O=C(CC1Oc2ccccc2NC1=O)NCc1cccc(NC(=O)Cn2cccn2)c1. The van der Waals surface area contributed by atoms with Crippen molar-refractivity contribution in [3.05, 3.63) is 72.6 Å². The molecule has 0 fully saturated rings. The molecule has 1 unspecified atom stereocenters. The third-order valence-corrected chi connectivity index (χ3v) is 4.64. The average molecular weight is 419 g/mol. The van der Waals surface area contributed by atoms with Crippen molar-refractivity contribution in [3.63, 3.8) is 0 Å². The lowest BCUT2D eigenvalue weighted by molar-refractivity contribution is -0.130. The topological polar surface area (TPSA) is 114 Å². The van der Waals surface area contributed by atoms with Crippen molar-refractivity contribution < 1.29 is 19.1 Å². The van der Waals surface area contributed by atoms with Crippen molar-refractivity contribution in [1.29, 1.82) is 0 Å². The van der Waals surface area contributed by atoms with Gasteiger partial charge in [0.2, 0.25) is 11.8 Å². The van der Waals surface area contributed by atoms with Crippen molar-refractivity contribution in [2.24, 2.45) is 0 Å². The van der Waals surface area contributed by atoms with Gasteiger partial charge in [0.25, 0.3) is 5.91 Å². The second-order valence-corrected chi connectivity index (χ2v) is 7.02. The van der Waals surface area contributed by atoms with Crippen molar-refractivity contribution >= 4 is 29.1 Å². The highest BCUT2D eigenvalue weighted by Gasteiger charge is 2.29. The number of hydrogen-bond acceptors (Lipinski definition) is 5. The molecule has 9 nitrogen and oxygen atoms in total. The molecule has 0 radical (unpaired) electrons. The van der Waals surface area contributed by atoms with Crippen LogP contribution in [0.15, 0.2) is 67.0 Å². The fraction of sp³-hybridized carbons (Fsp3) is 0.182. The first-order chi connectivity index (χ1) is 15.1. The number of hydrogen-bond donors (Lipinski definition) is 3. The molecule has 4 rings (SSSR count). The Hall–Kier alpha value is -4.14. The van der Waals surface area contributed by atoms with Crippen molar-refractivity contribution in [2.45, 2.75) is 25.6 Å². The fourth-order valence-corrected chi connectivity index (χ4v) is 3.17. The monoisotopic (exact) mass is 419 g/mol. The van der Waals surface area contributed by atoms with Crippen LogP contribution < -0.4 is 20.7 Å². The smallest absolute Gasteiger partial charge is 0.266 e. The summed E-state index contributed by atoms with van der Waals surface area (Å²) >= 11 is 0. The molecular formula is C22H21N5O4. The molecule has 3 N–H and O–H groups in total. The van der Waals surface area contributed by atoms with Gasteiger partial charge in [0, 0.05) is 24.6 Å². The van der Waals surface area contributed by atoms with Crippen LogP contribution in [0.2, 0.25) is 0 Å². The Morgan fingerprint density at radius 2 is 1.97 bits per heavy atom. The van der Waals surface area contributed by atoms with Crippen LogP contribution in [0.4, 0.5) is 11.4 Å². The molecule has 0 bridgehead atoms. The Kier molecular flexibility index (Phi) is 5.93. The van der Waals surface area contributed by atoms with Crippen LogP contribution in [0, 0.1) is 0 Å². The van der Waals surface area contributed by atoms with Gasteiger partial charge < -0.3 is 20.7 Å². The Morgan fingerprint density at radius 3 is 2.81 bits per heavy atom. The van der Waals surface area contributed by atoms with E-state index in [1.807, 2.05) is 6.07 Å². The van der Waals surface area contributed by atoms with E-state index in [0.717, 1.165) is 5.56 Å². The number of benzene rings is 2. The second-order valence-electron chi connectivity index (χ2n) is 7.02. The fourth-order valence-electron chi connectivity index (χ4n) is 3.17. The highest BCUT2D eigenvalue weighted by molar-refractivity contribution is 6.00. The number of carbonyl (C=O) groups excluding carboxylic acids is 3. The maximum absolute atomic E-state index is 12.3. The number of nitrogens with one attached hydrogen (secondary N) is 3. The van der Waals surface area contributed by atoms with Crippen molar-refractivity contribution in [1.82, 2.24) is 15.1 Å². The van der Waals surface area contributed by atoms with Crippen LogP contribution in [0.5, 0.6) is 5.75 Å². The van der Waals surface area contributed by atoms with Gasteiger partial charge in [-0.1, -0.05) is 24.3 Å². The van der Waals surface area contributed by atoms with Crippen LogP contribution in [0.25, 0.3) is 0 Å². The van der Waals surface area contributed by atoms with E-state index in [1.54, 1.807) is 60.9 Å². The zero-order valence-corrected chi connectivity index (χ0v) is 16.6. The summed E-state index contributed by atoms with van der Waals surface area (Å²) in [5.41, 5.74) is 2.02. The Morgan fingerprint density at radius 1 is 1.10 bits per heavy atom. The Bertz CT molecular complexity index is 1100. The highest BCUT2D eigenvalue weighted by Crippen LogP contribution is 2.29. The molecule has 158 valence electrons. The highest BCUT2D eigenvalue weighted by atomic mass is 16.5. The van der Waals surface area contributed by atoms with E-state index in [9.17, 15) is 14.4 Å². The first-order valence-electron chi connectivity index (χ1n) is 9.76. The van der Waals surface area contributed by atoms with Gasteiger partial charge in [-0.15, -0.1) is 0 Å². The number of rotatable bonds is 7. The van der Waals surface area contributed by atoms with Crippen LogP contribution in [-0.4, -0.2) is 33.6 Å². The van der Waals surface area contributed by atoms with Crippen LogP contribution in [-0.2, 0) is 27.5 Å². The molecular weight excluding hydrogens is 398 g/mol. The summed E-state index contributed by atoms with van der Waals surface area (Å²) < 4.78 is 7.17. The number of aromatic nitrogens is 2.